The van der Waals surface area contributed by atoms with Crippen molar-refractivity contribution < 1.29 is 14.0 Å². The highest BCUT2D eigenvalue weighted by Gasteiger charge is 2.18. The van der Waals surface area contributed by atoms with E-state index in [4.69, 9.17) is 0 Å². The molecular weight excluding hydrogens is 271 g/mol. The highest BCUT2D eigenvalue weighted by molar-refractivity contribution is 5.96. The van der Waals surface area contributed by atoms with Gasteiger partial charge in [0.15, 0.2) is 0 Å². The molecule has 0 aromatic heterocycles. The van der Waals surface area contributed by atoms with E-state index in [1.54, 1.807) is 23.1 Å². The van der Waals surface area contributed by atoms with Gasteiger partial charge in [0.05, 0.1) is 0 Å². The minimum atomic E-state index is -0.354. The fourth-order valence-corrected chi connectivity index (χ4v) is 2.47. The topological polar surface area (TPSA) is 49.4 Å². The molecule has 0 radical (unpaired) electrons. The summed E-state index contributed by atoms with van der Waals surface area (Å²) < 4.78 is 13.4. The van der Waals surface area contributed by atoms with Crippen molar-refractivity contribution in [1.82, 2.24) is 10.2 Å². The molecule has 1 heterocycles. The standard InChI is InChI=1S/C16H21FN2O2/c17-14-8-4-3-7-13(14)12-18-15(20)11-16(21)19-9-5-1-2-6-10-19/h3-4,7-8H,1-2,5-6,9-12H2,(H,18,20). The van der Waals surface area contributed by atoms with Crippen LogP contribution in [0, 0.1) is 5.82 Å². The van der Waals surface area contributed by atoms with Gasteiger partial charge < -0.3 is 10.2 Å². The lowest BCUT2D eigenvalue weighted by atomic mass is 10.2. The van der Waals surface area contributed by atoms with Crippen LogP contribution in [0.15, 0.2) is 24.3 Å². The Morgan fingerprint density at radius 1 is 1.10 bits per heavy atom. The molecule has 0 aliphatic carbocycles. The number of amides is 2. The molecule has 21 heavy (non-hydrogen) atoms. The van der Waals surface area contributed by atoms with E-state index in [0.29, 0.717) is 5.56 Å². The second-order valence-corrected chi connectivity index (χ2v) is 5.34. The summed E-state index contributed by atoms with van der Waals surface area (Å²) in [6.45, 7) is 1.58. The minimum Gasteiger partial charge on any atom is -0.351 e. The lowest BCUT2D eigenvalue weighted by Crippen LogP contribution is -2.36. The zero-order valence-electron chi connectivity index (χ0n) is 12.1. The number of hydrogen-bond donors (Lipinski definition) is 1. The average molecular weight is 292 g/mol. The lowest BCUT2D eigenvalue weighted by Gasteiger charge is -2.19. The third-order valence-corrected chi connectivity index (χ3v) is 3.70. The fourth-order valence-electron chi connectivity index (χ4n) is 2.47. The monoisotopic (exact) mass is 292 g/mol. The van der Waals surface area contributed by atoms with Gasteiger partial charge in [-0.2, -0.15) is 0 Å². The summed E-state index contributed by atoms with van der Waals surface area (Å²) in [5, 5.41) is 2.60. The number of likely N-dealkylation sites (tertiary alicyclic amines) is 1. The quantitative estimate of drug-likeness (QED) is 0.865. The third kappa shape index (κ3) is 4.85. The predicted octanol–water partition coefficient (Wildman–Crippen LogP) is 2.23. The van der Waals surface area contributed by atoms with E-state index in [1.807, 2.05) is 0 Å². The number of benzene rings is 1. The molecule has 114 valence electrons. The number of nitrogens with one attached hydrogen (secondary N) is 1. The molecule has 2 rings (SSSR count). The van der Waals surface area contributed by atoms with Crippen LogP contribution in [0.1, 0.15) is 37.7 Å². The maximum atomic E-state index is 13.4. The molecule has 1 N–H and O–H groups in total. The molecule has 5 heteroatoms. The van der Waals surface area contributed by atoms with E-state index in [9.17, 15) is 14.0 Å². The van der Waals surface area contributed by atoms with Crippen LogP contribution in [-0.2, 0) is 16.1 Å². The molecule has 2 amide bonds. The van der Waals surface area contributed by atoms with Crippen molar-refractivity contribution in [2.45, 2.75) is 38.6 Å². The van der Waals surface area contributed by atoms with Crippen molar-refractivity contribution in [2.75, 3.05) is 13.1 Å². The van der Waals surface area contributed by atoms with Crippen molar-refractivity contribution in [3.63, 3.8) is 0 Å². The van der Waals surface area contributed by atoms with Crippen molar-refractivity contribution in [1.29, 1.82) is 0 Å². The molecule has 1 aliphatic heterocycles. The van der Waals surface area contributed by atoms with Gasteiger partial charge >= 0.3 is 0 Å². The molecule has 1 aromatic rings. The molecule has 4 nitrogen and oxygen atoms in total. The molecular formula is C16H21FN2O2. The number of hydrogen-bond acceptors (Lipinski definition) is 2. The Bertz CT molecular complexity index is 497. The molecule has 1 fully saturated rings. The number of nitrogens with zero attached hydrogens (tertiary/aromatic N) is 1. The smallest absolute Gasteiger partial charge is 0.232 e. The molecule has 0 unspecified atom stereocenters. The summed E-state index contributed by atoms with van der Waals surface area (Å²) in [5.74, 6) is -0.841. The molecule has 0 spiro atoms. The van der Waals surface area contributed by atoms with Crippen molar-refractivity contribution in [3.05, 3.63) is 35.6 Å². The van der Waals surface area contributed by atoms with E-state index in [1.165, 1.54) is 6.07 Å². The van der Waals surface area contributed by atoms with Crippen LogP contribution in [-0.4, -0.2) is 29.8 Å². The molecule has 0 bridgehead atoms. The Kier molecular flexibility index (Phi) is 5.72. The van der Waals surface area contributed by atoms with Gasteiger partial charge in [0.1, 0.15) is 12.2 Å². The SMILES string of the molecule is O=C(CC(=O)N1CCCCCC1)NCc1ccccc1F. The molecule has 1 aliphatic rings. The maximum absolute atomic E-state index is 13.4. The Balaban J connectivity index is 1.78. The summed E-state index contributed by atoms with van der Waals surface area (Å²) in [6, 6.07) is 6.28. The Hall–Kier alpha value is -1.91. The van der Waals surface area contributed by atoms with Gasteiger partial charge in [-0.05, 0) is 18.9 Å². The molecule has 1 aromatic carbocycles. The van der Waals surface area contributed by atoms with Crippen LogP contribution in [0.5, 0.6) is 0 Å². The van der Waals surface area contributed by atoms with Gasteiger partial charge in [-0.3, -0.25) is 9.59 Å². The van der Waals surface area contributed by atoms with Crippen LogP contribution in [0.3, 0.4) is 0 Å². The van der Waals surface area contributed by atoms with Gasteiger partial charge in [0.2, 0.25) is 11.8 Å². The normalized spacial score (nSPS) is 15.4. The maximum Gasteiger partial charge on any atom is 0.232 e. The van der Waals surface area contributed by atoms with Crippen molar-refractivity contribution >= 4 is 11.8 Å². The van der Waals surface area contributed by atoms with E-state index in [0.717, 1.165) is 38.8 Å². The minimum absolute atomic E-state index is 0.110. The number of rotatable bonds is 4. The third-order valence-electron chi connectivity index (χ3n) is 3.70. The average Bonchev–Trinajstić information content (AvgIpc) is 2.75. The zero-order valence-corrected chi connectivity index (χ0v) is 12.1. The summed E-state index contributed by atoms with van der Waals surface area (Å²) in [4.78, 5) is 25.6. The summed E-state index contributed by atoms with van der Waals surface area (Å²) in [5.41, 5.74) is 0.424. The Morgan fingerprint density at radius 2 is 1.76 bits per heavy atom. The number of carbonyl (C=O) groups excluding carboxylic acids is 2. The molecule has 1 saturated heterocycles. The van der Waals surface area contributed by atoms with Gasteiger partial charge in [0, 0.05) is 25.2 Å². The number of carbonyl (C=O) groups is 2. The lowest BCUT2D eigenvalue weighted by molar-refractivity contribution is -0.136. The summed E-state index contributed by atoms with van der Waals surface area (Å²) in [6.07, 6.45) is 4.13. The second kappa shape index (κ2) is 7.76. The van der Waals surface area contributed by atoms with Crippen LogP contribution >= 0.6 is 0 Å². The second-order valence-electron chi connectivity index (χ2n) is 5.34. The first-order chi connectivity index (χ1) is 10.2. The number of halogens is 1. The first kappa shape index (κ1) is 15.5. The van der Waals surface area contributed by atoms with E-state index in [-0.39, 0.29) is 30.6 Å². The van der Waals surface area contributed by atoms with Gasteiger partial charge in [-0.1, -0.05) is 31.0 Å². The molecule has 0 atom stereocenters. The van der Waals surface area contributed by atoms with Gasteiger partial charge in [-0.15, -0.1) is 0 Å². The van der Waals surface area contributed by atoms with Crippen LogP contribution < -0.4 is 5.32 Å². The van der Waals surface area contributed by atoms with Gasteiger partial charge in [0.25, 0.3) is 0 Å². The largest absolute Gasteiger partial charge is 0.351 e. The van der Waals surface area contributed by atoms with Gasteiger partial charge in [-0.25, -0.2) is 4.39 Å². The fraction of sp³-hybridized carbons (Fsp3) is 0.500. The van der Waals surface area contributed by atoms with Crippen LogP contribution in [0.2, 0.25) is 0 Å². The summed E-state index contributed by atoms with van der Waals surface area (Å²) >= 11 is 0. The van der Waals surface area contributed by atoms with Crippen molar-refractivity contribution in [2.24, 2.45) is 0 Å². The van der Waals surface area contributed by atoms with Crippen molar-refractivity contribution in [3.8, 4) is 0 Å². The van der Waals surface area contributed by atoms with Crippen LogP contribution in [0.25, 0.3) is 0 Å². The van der Waals surface area contributed by atoms with Crippen LogP contribution in [0.4, 0.5) is 4.39 Å². The van der Waals surface area contributed by atoms with E-state index < -0.39 is 0 Å². The zero-order chi connectivity index (χ0) is 15.1. The Labute approximate surface area is 124 Å². The summed E-state index contributed by atoms with van der Waals surface area (Å²) in [7, 11) is 0. The first-order valence-electron chi connectivity index (χ1n) is 7.44. The van der Waals surface area contributed by atoms with E-state index >= 15 is 0 Å². The Morgan fingerprint density at radius 3 is 2.43 bits per heavy atom. The highest BCUT2D eigenvalue weighted by atomic mass is 19.1. The molecule has 0 saturated carbocycles. The predicted molar refractivity (Wildman–Crippen MR) is 77.9 cm³/mol. The highest BCUT2D eigenvalue weighted by Crippen LogP contribution is 2.11. The first-order valence-corrected chi connectivity index (χ1v) is 7.44. The van der Waals surface area contributed by atoms with E-state index in [2.05, 4.69) is 5.32 Å².